The fourth-order valence-electron chi connectivity index (χ4n) is 3.10. The van der Waals surface area contributed by atoms with E-state index >= 15 is 0 Å². The van der Waals surface area contributed by atoms with Crippen LogP contribution >= 0.6 is 23.5 Å². The number of carboxylic acids is 1. The molecule has 0 radical (unpaired) electrons. The van der Waals surface area contributed by atoms with Crippen LogP contribution in [0.3, 0.4) is 0 Å². The highest BCUT2D eigenvalue weighted by atomic mass is 32.2. The second-order valence-corrected chi connectivity index (χ2v) is 7.98. The molecule has 3 aliphatic rings. The third-order valence-electron chi connectivity index (χ3n) is 4.04. The van der Waals surface area contributed by atoms with Gasteiger partial charge in [0.2, 0.25) is 0 Å². The van der Waals surface area contributed by atoms with Crippen LogP contribution in [0, 0.1) is 5.92 Å². The number of carbonyl (C=O) groups is 1. The van der Waals surface area contributed by atoms with Crippen LogP contribution in [0.1, 0.15) is 25.7 Å². The number of carbonyl (C=O) groups excluding carboxylic acids is 1. The van der Waals surface area contributed by atoms with E-state index in [1.165, 1.54) is 0 Å². The third-order valence-corrected chi connectivity index (χ3v) is 7.59. The fourth-order valence-corrected chi connectivity index (χ4v) is 6.43. The number of ether oxygens (including phenoxy) is 2. The SMILES string of the molecule is O=C([O-])C1([C@H]2CC[C@H]3OCO[C@@H]3C2)SCCCS1. The zero-order valence-electron chi connectivity index (χ0n) is 10.1. The van der Waals surface area contributed by atoms with Crippen molar-refractivity contribution >= 4 is 29.5 Å². The zero-order valence-corrected chi connectivity index (χ0v) is 11.8. The standard InChI is InChI=1S/C12H18O4S2/c13-11(14)12(17-4-1-5-18-12)8-2-3-9-10(6-8)16-7-15-9/h8-10H,1-7H2,(H,13,14)/p-1/t8-,9+,10+/m0/s1. The number of thioether (sulfide) groups is 2. The Morgan fingerprint density at radius 2 is 1.89 bits per heavy atom. The van der Waals surface area contributed by atoms with Crippen LogP contribution < -0.4 is 5.11 Å². The van der Waals surface area contributed by atoms with E-state index in [9.17, 15) is 9.90 Å². The predicted molar refractivity (Wildman–Crippen MR) is 69.2 cm³/mol. The molecule has 0 N–H and O–H groups in total. The summed E-state index contributed by atoms with van der Waals surface area (Å²) in [7, 11) is 0. The van der Waals surface area contributed by atoms with E-state index in [1.807, 2.05) is 0 Å². The average Bonchev–Trinajstić information content (AvgIpc) is 2.86. The first kappa shape index (κ1) is 13.1. The second kappa shape index (κ2) is 5.23. The fraction of sp³-hybridized carbons (Fsp3) is 0.917. The van der Waals surface area contributed by atoms with Crippen LogP contribution in [0.4, 0.5) is 0 Å². The van der Waals surface area contributed by atoms with Crippen LogP contribution in [0.5, 0.6) is 0 Å². The lowest BCUT2D eigenvalue weighted by molar-refractivity contribution is -0.307. The molecule has 6 heteroatoms. The van der Waals surface area contributed by atoms with Crippen molar-refractivity contribution in [2.24, 2.45) is 5.92 Å². The van der Waals surface area contributed by atoms with Gasteiger partial charge < -0.3 is 19.4 Å². The maximum absolute atomic E-state index is 11.6. The molecule has 2 saturated heterocycles. The van der Waals surface area contributed by atoms with Gasteiger partial charge in [-0.25, -0.2) is 0 Å². The lowest BCUT2D eigenvalue weighted by Gasteiger charge is -2.46. The van der Waals surface area contributed by atoms with Gasteiger partial charge in [0.1, 0.15) is 10.9 Å². The van der Waals surface area contributed by atoms with Gasteiger partial charge in [-0.2, -0.15) is 0 Å². The van der Waals surface area contributed by atoms with Gasteiger partial charge in [0, 0.05) is 0 Å². The third kappa shape index (κ3) is 2.17. The van der Waals surface area contributed by atoms with Crippen molar-refractivity contribution in [1.29, 1.82) is 0 Å². The largest absolute Gasteiger partial charge is 0.548 e. The minimum absolute atomic E-state index is 0.0862. The van der Waals surface area contributed by atoms with Crippen molar-refractivity contribution in [3.63, 3.8) is 0 Å². The Morgan fingerprint density at radius 3 is 2.61 bits per heavy atom. The van der Waals surface area contributed by atoms with Gasteiger partial charge in [-0.1, -0.05) is 0 Å². The van der Waals surface area contributed by atoms with Gasteiger partial charge in [-0.15, -0.1) is 23.5 Å². The van der Waals surface area contributed by atoms with E-state index in [1.54, 1.807) is 23.5 Å². The van der Waals surface area contributed by atoms with E-state index in [4.69, 9.17) is 9.47 Å². The van der Waals surface area contributed by atoms with Gasteiger partial charge in [0.05, 0.1) is 18.2 Å². The van der Waals surface area contributed by atoms with Crippen molar-refractivity contribution in [1.82, 2.24) is 0 Å². The van der Waals surface area contributed by atoms with Crippen LogP contribution in [0.25, 0.3) is 0 Å². The number of hydrogen-bond acceptors (Lipinski definition) is 6. The van der Waals surface area contributed by atoms with Gasteiger partial charge in [0.25, 0.3) is 0 Å². The quantitative estimate of drug-likeness (QED) is 0.751. The van der Waals surface area contributed by atoms with E-state index in [0.717, 1.165) is 37.2 Å². The number of aliphatic carboxylic acids is 1. The molecule has 0 amide bonds. The summed E-state index contributed by atoms with van der Waals surface area (Å²) < 4.78 is 10.3. The molecule has 1 saturated carbocycles. The van der Waals surface area contributed by atoms with Crippen molar-refractivity contribution in [2.45, 2.75) is 42.0 Å². The summed E-state index contributed by atoms with van der Waals surface area (Å²) in [4.78, 5) is 11.6. The molecule has 0 aromatic rings. The van der Waals surface area contributed by atoms with Gasteiger partial charge in [0.15, 0.2) is 0 Å². The van der Waals surface area contributed by atoms with Gasteiger partial charge in [-0.3, -0.25) is 0 Å². The van der Waals surface area contributed by atoms with Gasteiger partial charge in [-0.05, 0) is 43.1 Å². The van der Waals surface area contributed by atoms with E-state index in [2.05, 4.69) is 0 Å². The first-order chi connectivity index (χ1) is 8.72. The molecule has 0 spiro atoms. The molecular weight excluding hydrogens is 272 g/mol. The van der Waals surface area contributed by atoms with Crippen LogP contribution in [-0.2, 0) is 14.3 Å². The molecule has 2 aliphatic heterocycles. The lowest BCUT2D eigenvalue weighted by atomic mass is 9.83. The number of rotatable bonds is 2. The predicted octanol–water partition coefficient (Wildman–Crippen LogP) is 0.844. The highest BCUT2D eigenvalue weighted by molar-refractivity contribution is 8.19. The van der Waals surface area contributed by atoms with E-state index < -0.39 is 10.0 Å². The smallest absolute Gasteiger partial charge is 0.147 e. The summed E-state index contributed by atoms with van der Waals surface area (Å²) in [6.45, 7) is 0.362. The molecule has 0 unspecified atom stereocenters. The molecule has 3 fully saturated rings. The van der Waals surface area contributed by atoms with Crippen molar-refractivity contribution < 1.29 is 19.4 Å². The van der Waals surface area contributed by atoms with Crippen molar-refractivity contribution in [3.8, 4) is 0 Å². The molecule has 4 nitrogen and oxygen atoms in total. The maximum atomic E-state index is 11.6. The Balaban J connectivity index is 1.76. The Kier molecular flexibility index (Phi) is 3.80. The molecule has 0 aromatic heterocycles. The molecule has 2 heterocycles. The van der Waals surface area contributed by atoms with Crippen molar-refractivity contribution in [3.05, 3.63) is 0 Å². The number of fused-ring (bicyclic) bond motifs is 1. The molecule has 102 valence electrons. The van der Waals surface area contributed by atoms with Crippen LogP contribution in [0.2, 0.25) is 0 Å². The molecule has 0 aromatic carbocycles. The summed E-state index contributed by atoms with van der Waals surface area (Å²) >= 11 is 3.13. The van der Waals surface area contributed by atoms with Crippen LogP contribution in [-0.4, -0.2) is 40.6 Å². The second-order valence-electron chi connectivity index (χ2n) is 5.04. The Bertz CT molecular complexity index is 330. The number of hydrogen-bond donors (Lipinski definition) is 0. The van der Waals surface area contributed by atoms with E-state index in [0.29, 0.717) is 6.79 Å². The first-order valence-electron chi connectivity index (χ1n) is 6.45. The maximum Gasteiger partial charge on any atom is 0.147 e. The number of carboxylic acid groups (broad SMARTS) is 1. The summed E-state index contributed by atoms with van der Waals surface area (Å²) in [5, 5.41) is 11.6. The monoisotopic (exact) mass is 289 g/mol. The zero-order chi connectivity index (χ0) is 12.6. The molecule has 3 atom stereocenters. The lowest BCUT2D eigenvalue weighted by Crippen LogP contribution is -2.52. The molecule has 1 aliphatic carbocycles. The average molecular weight is 289 g/mol. The van der Waals surface area contributed by atoms with Gasteiger partial charge >= 0.3 is 0 Å². The highest BCUT2D eigenvalue weighted by Gasteiger charge is 2.48. The molecular formula is C12H17O4S2-. The molecule has 0 bridgehead atoms. The minimum atomic E-state index is -0.903. The summed E-state index contributed by atoms with van der Waals surface area (Å²) in [6.07, 6.45) is 3.95. The van der Waals surface area contributed by atoms with Crippen molar-refractivity contribution in [2.75, 3.05) is 18.3 Å². The summed E-state index contributed by atoms with van der Waals surface area (Å²) in [5.41, 5.74) is 0. The topological polar surface area (TPSA) is 58.6 Å². The van der Waals surface area contributed by atoms with E-state index in [-0.39, 0.29) is 18.1 Å². The summed E-state index contributed by atoms with van der Waals surface area (Å²) in [6, 6.07) is 0. The molecule has 18 heavy (non-hydrogen) atoms. The molecule has 3 rings (SSSR count). The normalized spacial score (nSPS) is 39.2. The van der Waals surface area contributed by atoms with Crippen LogP contribution in [0.15, 0.2) is 0 Å². The Morgan fingerprint density at radius 1 is 1.17 bits per heavy atom. The first-order valence-corrected chi connectivity index (χ1v) is 8.42. The summed E-state index contributed by atoms with van der Waals surface area (Å²) in [5.74, 6) is 1.08. The Labute approximate surface area is 115 Å². The minimum Gasteiger partial charge on any atom is -0.548 e. The Hall–Kier alpha value is 0.0900. The highest BCUT2D eigenvalue weighted by Crippen LogP contribution is 2.52.